The number of aromatic nitrogens is 1. The number of primary amides is 1. The summed E-state index contributed by atoms with van der Waals surface area (Å²) in [5.74, 6) is -0.551. The van der Waals surface area contributed by atoms with E-state index in [1.165, 1.54) is 12.1 Å². The third-order valence-electron chi connectivity index (χ3n) is 3.28. The van der Waals surface area contributed by atoms with Gasteiger partial charge in [-0.05, 0) is 24.3 Å². The van der Waals surface area contributed by atoms with Crippen molar-refractivity contribution in [3.63, 3.8) is 0 Å². The maximum Gasteiger partial charge on any atom is 0.269 e. The molecule has 104 valence electrons. The van der Waals surface area contributed by atoms with Gasteiger partial charge in [0.1, 0.15) is 5.69 Å². The highest BCUT2D eigenvalue weighted by Gasteiger charge is 2.15. The summed E-state index contributed by atoms with van der Waals surface area (Å²) in [6.45, 7) is 0. The van der Waals surface area contributed by atoms with Gasteiger partial charge < -0.3 is 10.3 Å². The van der Waals surface area contributed by atoms with Crippen LogP contribution in [0.4, 0.5) is 5.69 Å². The topological polar surface area (TPSA) is 91.2 Å². The maximum atomic E-state index is 11.6. The molecule has 3 aromatic rings. The van der Waals surface area contributed by atoms with Crippen LogP contribution in [0.5, 0.6) is 0 Å². The number of rotatable bonds is 3. The number of nitrogens with zero attached hydrogens (tertiary/aromatic N) is 2. The lowest BCUT2D eigenvalue weighted by atomic mass is 10.2. The first kappa shape index (κ1) is 12.9. The molecule has 1 heterocycles. The minimum Gasteiger partial charge on any atom is -0.364 e. The Kier molecular flexibility index (Phi) is 2.91. The first-order valence-electron chi connectivity index (χ1n) is 6.23. The standard InChI is InChI=1S/C15H11N3O3/c16-15(19)14-9-10-3-1-2-4-13(10)17(14)11-5-7-12(8-6-11)18(20)21/h1-9H,(H2,16,19). The summed E-state index contributed by atoms with van der Waals surface area (Å²) in [6, 6.07) is 15.2. The molecule has 3 rings (SSSR count). The first-order valence-corrected chi connectivity index (χ1v) is 6.23. The Hall–Kier alpha value is -3.15. The second-order valence-electron chi connectivity index (χ2n) is 4.56. The third-order valence-corrected chi connectivity index (χ3v) is 3.28. The lowest BCUT2D eigenvalue weighted by Gasteiger charge is -2.08. The van der Waals surface area contributed by atoms with E-state index in [2.05, 4.69) is 0 Å². The van der Waals surface area contributed by atoms with E-state index in [0.29, 0.717) is 11.4 Å². The summed E-state index contributed by atoms with van der Waals surface area (Å²) in [5.41, 5.74) is 7.23. The van der Waals surface area contributed by atoms with E-state index >= 15 is 0 Å². The molecule has 1 aromatic heterocycles. The number of carbonyl (C=O) groups is 1. The fourth-order valence-electron chi connectivity index (χ4n) is 2.34. The molecule has 0 atom stereocenters. The summed E-state index contributed by atoms with van der Waals surface area (Å²) in [7, 11) is 0. The molecule has 0 saturated heterocycles. The van der Waals surface area contributed by atoms with Crippen LogP contribution in [-0.2, 0) is 0 Å². The zero-order valence-electron chi connectivity index (χ0n) is 10.9. The van der Waals surface area contributed by atoms with Gasteiger partial charge in [-0.25, -0.2) is 0 Å². The average molecular weight is 281 g/mol. The van der Waals surface area contributed by atoms with Gasteiger partial charge in [-0.3, -0.25) is 14.9 Å². The first-order chi connectivity index (χ1) is 10.1. The van der Waals surface area contributed by atoms with Crippen LogP contribution >= 0.6 is 0 Å². The van der Waals surface area contributed by atoms with Crippen molar-refractivity contribution in [2.45, 2.75) is 0 Å². The Morgan fingerprint density at radius 2 is 1.76 bits per heavy atom. The Morgan fingerprint density at radius 3 is 2.38 bits per heavy atom. The minimum atomic E-state index is -0.551. The zero-order chi connectivity index (χ0) is 15.0. The predicted octanol–water partition coefficient (Wildman–Crippen LogP) is 2.64. The Labute approximate surface area is 119 Å². The fraction of sp³-hybridized carbons (Fsp3) is 0. The van der Waals surface area contributed by atoms with Gasteiger partial charge in [0.25, 0.3) is 11.6 Å². The summed E-state index contributed by atoms with van der Waals surface area (Å²) in [6.07, 6.45) is 0. The number of carbonyl (C=O) groups excluding carboxylic acids is 1. The average Bonchev–Trinajstić information content (AvgIpc) is 2.87. The molecule has 0 spiro atoms. The normalized spacial score (nSPS) is 10.7. The third kappa shape index (κ3) is 2.12. The molecule has 0 aliphatic carbocycles. The highest BCUT2D eigenvalue weighted by molar-refractivity contribution is 5.99. The number of nitro benzene ring substituents is 1. The van der Waals surface area contributed by atoms with Crippen LogP contribution in [0.3, 0.4) is 0 Å². The van der Waals surface area contributed by atoms with Gasteiger partial charge in [-0.15, -0.1) is 0 Å². The van der Waals surface area contributed by atoms with Crippen LogP contribution in [0.1, 0.15) is 10.5 Å². The maximum absolute atomic E-state index is 11.6. The Bertz CT molecular complexity index is 850. The van der Waals surface area contributed by atoms with Crippen molar-refractivity contribution in [2.24, 2.45) is 5.73 Å². The van der Waals surface area contributed by atoms with Crippen molar-refractivity contribution < 1.29 is 9.72 Å². The van der Waals surface area contributed by atoms with Gasteiger partial charge in [0, 0.05) is 23.2 Å². The van der Waals surface area contributed by atoms with Crippen LogP contribution < -0.4 is 5.73 Å². The zero-order valence-corrected chi connectivity index (χ0v) is 10.9. The van der Waals surface area contributed by atoms with Gasteiger partial charge >= 0.3 is 0 Å². The van der Waals surface area contributed by atoms with E-state index in [1.807, 2.05) is 24.3 Å². The van der Waals surface area contributed by atoms with E-state index < -0.39 is 10.8 Å². The number of hydrogen-bond acceptors (Lipinski definition) is 3. The van der Waals surface area contributed by atoms with Crippen molar-refractivity contribution in [1.29, 1.82) is 0 Å². The number of fused-ring (bicyclic) bond motifs is 1. The van der Waals surface area contributed by atoms with Crippen LogP contribution in [0.25, 0.3) is 16.6 Å². The van der Waals surface area contributed by atoms with Crippen molar-refractivity contribution in [2.75, 3.05) is 0 Å². The molecule has 0 radical (unpaired) electrons. The molecule has 6 heteroatoms. The molecule has 6 nitrogen and oxygen atoms in total. The van der Waals surface area contributed by atoms with Crippen molar-refractivity contribution >= 4 is 22.5 Å². The second kappa shape index (κ2) is 4.75. The highest BCUT2D eigenvalue weighted by Crippen LogP contribution is 2.25. The molecule has 2 N–H and O–H groups in total. The smallest absolute Gasteiger partial charge is 0.269 e. The van der Waals surface area contributed by atoms with E-state index in [0.717, 1.165) is 10.9 Å². The SMILES string of the molecule is NC(=O)c1cc2ccccc2n1-c1ccc([N+](=O)[O-])cc1. The largest absolute Gasteiger partial charge is 0.364 e. The minimum absolute atomic E-state index is 0.00385. The van der Waals surface area contributed by atoms with E-state index in [9.17, 15) is 14.9 Å². The molecule has 0 aliphatic heterocycles. The molecule has 0 fully saturated rings. The second-order valence-corrected chi connectivity index (χ2v) is 4.56. The Morgan fingerprint density at radius 1 is 1.10 bits per heavy atom. The summed E-state index contributed by atoms with van der Waals surface area (Å²) in [5, 5.41) is 11.6. The predicted molar refractivity (Wildman–Crippen MR) is 78.4 cm³/mol. The number of para-hydroxylation sites is 1. The molecule has 2 aromatic carbocycles. The summed E-state index contributed by atoms with van der Waals surface area (Å²) < 4.78 is 1.70. The highest BCUT2D eigenvalue weighted by atomic mass is 16.6. The number of benzene rings is 2. The molecule has 1 amide bonds. The van der Waals surface area contributed by atoms with Crippen LogP contribution in [0, 0.1) is 10.1 Å². The summed E-state index contributed by atoms with van der Waals surface area (Å²) >= 11 is 0. The van der Waals surface area contributed by atoms with E-state index in [1.54, 1.807) is 22.8 Å². The fourth-order valence-corrected chi connectivity index (χ4v) is 2.34. The Balaban J connectivity index is 2.25. The van der Waals surface area contributed by atoms with Crippen molar-refractivity contribution in [3.8, 4) is 5.69 Å². The molecule has 0 bridgehead atoms. The lowest BCUT2D eigenvalue weighted by Crippen LogP contribution is -2.15. The quantitative estimate of drug-likeness (QED) is 0.591. The van der Waals surface area contributed by atoms with Gasteiger partial charge in [0.2, 0.25) is 0 Å². The van der Waals surface area contributed by atoms with E-state index in [-0.39, 0.29) is 5.69 Å². The van der Waals surface area contributed by atoms with Crippen molar-refractivity contribution in [1.82, 2.24) is 4.57 Å². The van der Waals surface area contributed by atoms with Crippen LogP contribution in [-0.4, -0.2) is 15.4 Å². The number of amides is 1. The van der Waals surface area contributed by atoms with Gasteiger partial charge in [0.05, 0.1) is 10.4 Å². The molecule has 0 unspecified atom stereocenters. The van der Waals surface area contributed by atoms with Gasteiger partial charge in [-0.2, -0.15) is 0 Å². The monoisotopic (exact) mass is 281 g/mol. The number of nitro groups is 1. The number of hydrogen-bond donors (Lipinski definition) is 1. The molecule has 0 saturated carbocycles. The lowest BCUT2D eigenvalue weighted by molar-refractivity contribution is -0.384. The van der Waals surface area contributed by atoms with Gasteiger partial charge in [-0.1, -0.05) is 18.2 Å². The van der Waals surface area contributed by atoms with Crippen LogP contribution in [0.15, 0.2) is 54.6 Å². The number of non-ortho nitro benzene ring substituents is 1. The molecular weight excluding hydrogens is 270 g/mol. The van der Waals surface area contributed by atoms with Gasteiger partial charge in [0.15, 0.2) is 0 Å². The van der Waals surface area contributed by atoms with Crippen molar-refractivity contribution in [3.05, 3.63) is 70.4 Å². The van der Waals surface area contributed by atoms with E-state index in [4.69, 9.17) is 5.73 Å². The summed E-state index contributed by atoms with van der Waals surface area (Å²) in [4.78, 5) is 21.9. The molecule has 21 heavy (non-hydrogen) atoms. The molecule has 0 aliphatic rings. The molecular formula is C15H11N3O3. The van der Waals surface area contributed by atoms with Crippen LogP contribution in [0.2, 0.25) is 0 Å². The number of nitrogens with two attached hydrogens (primary N) is 1.